The number of hydrogen-bond acceptors (Lipinski definition) is 4. The molecule has 0 aliphatic heterocycles. The van der Waals surface area contributed by atoms with E-state index in [0.717, 1.165) is 17.7 Å². The summed E-state index contributed by atoms with van der Waals surface area (Å²) in [6, 6.07) is 7.98. The van der Waals surface area contributed by atoms with E-state index < -0.39 is 17.6 Å². The Morgan fingerprint density at radius 3 is 2.57 bits per heavy atom. The Hall–Kier alpha value is -3.36. The summed E-state index contributed by atoms with van der Waals surface area (Å²) in [5.41, 5.74) is 6.59. The Kier molecular flexibility index (Phi) is 5.08. The van der Waals surface area contributed by atoms with Crippen molar-refractivity contribution in [1.29, 1.82) is 0 Å². The highest BCUT2D eigenvalue weighted by atomic mass is 19.4. The molecule has 28 heavy (non-hydrogen) atoms. The van der Waals surface area contributed by atoms with Crippen molar-refractivity contribution in [3.63, 3.8) is 0 Å². The normalized spacial score (nSPS) is 12.6. The average Bonchev–Trinajstić information content (AvgIpc) is 3.03. The monoisotopic (exact) mass is 389 g/mol. The first-order valence-corrected chi connectivity index (χ1v) is 8.41. The summed E-state index contributed by atoms with van der Waals surface area (Å²) < 4.78 is 40.4. The van der Waals surface area contributed by atoms with Crippen LogP contribution in [0.2, 0.25) is 0 Å². The summed E-state index contributed by atoms with van der Waals surface area (Å²) in [6.45, 7) is 3.66. The molecule has 0 aliphatic rings. The molecule has 1 atom stereocenters. The standard InChI is InChI=1S/C19H18F3N5O/c1-11(26-17-7-6-13(9-24-17)18(23)28)16-10-25-27(12(16)2)15-5-3-4-14(8-15)19(20,21)22/h3-11H,1-2H3,(H2,23,28)(H,24,26). The van der Waals surface area contributed by atoms with Crippen LogP contribution in [0, 0.1) is 6.92 Å². The highest BCUT2D eigenvalue weighted by Gasteiger charge is 2.30. The van der Waals surface area contributed by atoms with Gasteiger partial charge in [0.25, 0.3) is 0 Å². The van der Waals surface area contributed by atoms with Crippen molar-refractivity contribution >= 4 is 11.7 Å². The van der Waals surface area contributed by atoms with Gasteiger partial charge in [-0.15, -0.1) is 0 Å². The van der Waals surface area contributed by atoms with Crippen LogP contribution in [-0.4, -0.2) is 20.7 Å². The van der Waals surface area contributed by atoms with Crippen molar-refractivity contribution in [1.82, 2.24) is 14.8 Å². The molecule has 0 spiro atoms. The number of primary amides is 1. The number of nitrogens with two attached hydrogens (primary N) is 1. The zero-order chi connectivity index (χ0) is 20.5. The highest BCUT2D eigenvalue weighted by molar-refractivity contribution is 5.92. The summed E-state index contributed by atoms with van der Waals surface area (Å²) in [7, 11) is 0. The lowest BCUT2D eigenvalue weighted by Crippen LogP contribution is -2.13. The third-order valence-electron chi connectivity index (χ3n) is 4.34. The lowest BCUT2D eigenvalue weighted by molar-refractivity contribution is -0.137. The number of benzene rings is 1. The van der Waals surface area contributed by atoms with Gasteiger partial charge in [-0.3, -0.25) is 4.79 Å². The number of alkyl halides is 3. The van der Waals surface area contributed by atoms with E-state index >= 15 is 0 Å². The minimum absolute atomic E-state index is 0.216. The summed E-state index contributed by atoms with van der Waals surface area (Å²) in [6.07, 6.45) is -1.45. The molecule has 0 aliphatic carbocycles. The first-order valence-electron chi connectivity index (χ1n) is 8.41. The van der Waals surface area contributed by atoms with E-state index in [2.05, 4.69) is 15.4 Å². The summed E-state index contributed by atoms with van der Waals surface area (Å²) in [5, 5.41) is 7.41. The Balaban J connectivity index is 1.83. The molecular formula is C19H18F3N5O. The Bertz CT molecular complexity index is 996. The smallest absolute Gasteiger partial charge is 0.366 e. The van der Waals surface area contributed by atoms with Gasteiger partial charge in [-0.2, -0.15) is 18.3 Å². The molecule has 0 fully saturated rings. The number of pyridine rings is 1. The van der Waals surface area contributed by atoms with E-state index in [9.17, 15) is 18.0 Å². The molecule has 2 heterocycles. The van der Waals surface area contributed by atoms with Gasteiger partial charge in [0.1, 0.15) is 5.82 Å². The van der Waals surface area contributed by atoms with Gasteiger partial charge >= 0.3 is 6.18 Å². The predicted octanol–water partition coefficient (Wildman–Crippen LogP) is 3.87. The second kappa shape index (κ2) is 7.34. The van der Waals surface area contributed by atoms with Gasteiger partial charge in [0.15, 0.2) is 0 Å². The SMILES string of the molecule is Cc1c(C(C)Nc2ccc(C(N)=O)cn2)cnn1-c1cccc(C(F)(F)F)c1. The number of nitrogens with one attached hydrogen (secondary N) is 1. The van der Waals surface area contributed by atoms with E-state index in [0.29, 0.717) is 22.8 Å². The van der Waals surface area contributed by atoms with E-state index in [1.807, 2.05) is 6.92 Å². The average molecular weight is 389 g/mol. The number of anilines is 1. The molecule has 146 valence electrons. The van der Waals surface area contributed by atoms with Crippen LogP contribution < -0.4 is 11.1 Å². The number of rotatable bonds is 5. The van der Waals surface area contributed by atoms with Crippen molar-refractivity contribution in [3.05, 3.63) is 71.2 Å². The van der Waals surface area contributed by atoms with E-state index in [-0.39, 0.29) is 6.04 Å². The fraction of sp³-hybridized carbons (Fsp3) is 0.211. The molecule has 0 bridgehead atoms. The van der Waals surface area contributed by atoms with Gasteiger partial charge in [0.2, 0.25) is 5.91 Å². The van der Waals surface area contributed by atoms with Crippen molar-refractivity contribution in [2.24, 2.45) is 5.73 Å². The minimum atomic E-state index is -4.42. The molecule has 6 nitrogen and oxygen atoms in total. The fourth-order valence-corrected chi connectivity index (χ4v) is 2.85. The van der Waals surface area contributed by atoms with Crippen molar-refractivity contribution in [2.45, 2.75) is 26.1 Å². The fourth-order valence-electron chi connectivity index (χ4n) is 2.85. The molecule has 1 amide bonds. The predicted molar refractivity (Wildman–Crippen MR) is 98.1 cm³/mol. The minimum Gasteiger partial charge on any atom is -0.366 e. The topological polar surface area (TPSA) is 85.8 Å². The Labute approximate surface area is 159 Å². The first kappa shape index (κ1) is 19.4. The van der Waals surface area contributed by atoms with E-state index in [4.69, 9.17) is 5.73 Å². The molecular weight excluding hydrogens is 371 g/mol. The summed E-state index contributed by atoms with van der Waals surface area (Å²) in [4.78, 5) is 15.2. The van der Waals surface area contributed by atoms with Crippen molar-refractivity contribution < 1.29 is 18.0 Å². The van der Waals surface area contributed by atoms with Gasteiger partial charge in [-0.05, 0) is 44.2 Å². The van der Waals surface area contributed by atoms with Crippen LogP contribution in [0.5, 0.6) is 0 Å². The molecule has 3 aromatic rings. The Morgan fingerprint density at radius 2 is 1.96 bits per heavy atom. The summed E-state index contributed by atoms with van der Waals surface area (Å²) >= 11 is 0. The number of amides is 1. The molecule has 9 heteroatoms. The maximum Gasteiger partial charge on any atom is 0.416 e. The van der Waals surface area contributed by atoms with Gasteiger partial charge in [0, 0.05) is 17.5 Å². The second-order valence-electron chi connectivity index (χ2n) is 6.31. The van der Waals surface area contributed by atoms with Crippen LogP contribution in [0.25, 0.3) is 5.69 Å². The second-order valence-corrected chi connectivity index (χ2v) is 6.31. The van der Waals surface area contributed by atoms with Crippen LogP contribution in [-0.2, 0) is 6.18 Å². The Morgan fingerprint density at radius 1 is 1.21 bits per heavy atom. The summed E-state index contributed by atoms with van der Waals surface area (Å²) in [5.74, 6) is -0.0333. The van der Waals surface area contributed by atoms with Crippen LogP contribution in [0.4, 0.5) is 19.0 Å². The molecule has 0 radical (unpaired) electrons. The van der Waals surface area contributed by atoms with Crippen molar-refractivity contribution in [2.75, 3.05) is 5.32 Å². The van der Waals surface area contributed by atoms with Gasteiger partial charge < -0.3 is 11.1 Å². The lowest BCUT2D eigenvalue weighted by Gasteiger charge is -2.15. The zero-order valence-electron chi connectivity index (χ0n) is 15.2. The third kappa shape index (κ3) is 3.98. The molecule has 2 aromatic heterocycles. The molecule has 1 unspecified atom stereocenters. The van der Waals surface area contributed by atoms with Crippen LogP contribution in [0.15, 0.2) is 48.8 Å². The van der Waals surface area contributed by atoms with Gasteiger partial charge in [-0.1, -0.05) is 6.07 Å². The number of aromatic nitrogens is 3. The molecule has 1 aromatic carbocycles. The van der Waals surface area contributed by atoms with Gasteiger partial charge in [-0.25, -0.2) is 9.67 Å². The van der Waals surface area contributed by atoms with Gasteiger partial charge in [0.05, 0.1) is 29.1 Å². The quantitative estimate of drug-likeness (QED) is 0.694. The third-order valence-corrected chi connectivity index (χ3v) is 4.34. The van der Waals surface area contributed by atoms with Crippen LogP contribution in [0.3, 0.4) is 0 Å². The lowest BCUT2D eigenvalue weighted by atomic mass is 10.1. The number of hydrogen-bond donors (Lipinski definition) is 2. The molecule has 3 rings (SSSR count). The molecule has 0 saturated carbocycles. The zero-order valence-corrected chi connectivity index (χ0v) is 15.2. The number of carbonyl (C=O) groups is 1. The highest BCUT2D eigenvalue weighted by Crippen LogP contribution is 2.31. The number of carbonyl (C=O) groups excluding carboxylic acids is 1. The molecule has 0 saturated heterocycles. The molecule has 3 N–H and O–H groups in total. The first-order chi connectivity index (χ1) is 13.2. The van der Waals surface area contributed by atoms with Crippen LogP contribution >= 0.6 is 0 Å². The maximum absolute atomic E-state index is 13.0. The number of nitrogens with zero attached hydrogens (tertiary/aromatic N) is 3. The van der Waals surface area contributed by atoms with Crippen LogP contribution in [0.1, 0.15) is 40.1 Å². The number of halogens is 3. The largest absolute Gasteiger partial charge is 0.416 e. The van der Waals surface area contributed by atoms with Crippen molar-refractivity contribution in [3.8, 4) is 5.69 Å². The van der Waals surface area contributed by atoms with E-state index in [1.165, 1.54) is 16.9 Å². The van der Waals surface area contributed by atoms with E-state index in [1.54, 1.807) is 31.3 Å². The maximum atomic E-state index is 13.0.